The summed E-state index contributed by atoms with van der Waals surface area (Å²) in [7, 11) is 0. The van der Waals surface area contributed by atoms with E-state index in [1.807, 2.05) is 12.4 Å². The number of hydrogen-bond acceptors (Lipinski definition) is 3. The third-order valence-electron chi connectivity index (χ3n) is 3.85. The lowest BCUT2D eigenvalue weighted by atomic mass is 10.1. The Bertz CT molecular complexity index is 850. The number of carbonyl (C=O) groups is 1. The molecule has 1 aromatic carbocycles. The van der Waals surface area contributed by atoms with Gasteiger partial charge in [0, 0.05) is 34.8 Å². The topological polar surface area (TPSA) is 78.9 Å². The van der Waals surface area contributed by atoms with E-state index >= 15 is 0 Å². The van der Waals surface area contributed by atoms with Crippen molar-refractivity contribution < 1.29 is 9.90 Å². The molecule has 0 spiro atoms. The average Bonchev–Trinajstić information content (AvgIpc) is 3.26. The quantitative estimate of drug-likeness (QED) is 0.771. The van der Waals surface area contributed by atoms with Crippen molar-refractivity contribution in [2.24, 2.45) is 0 Å². The van der Waals surface area contributed by atoms with E-state index in [9.17, 15) is 4.79 Å². The molecule has 1 aliphatic carbocycles. The summed E-state index contributed by atoms with van der Waals surface area (Å²) in [5, 5.41) is 9.99. The second kappa shape index (κ2) is 4.41. The van der Waals surface area contributed by atoms with Crippen LogP contribution in [0.1, 0.15) is 34.8 Å². The number of H-pyrrole nitrogens is 1. The third-order valence-corrected chi connectivity index (χ3v) is 3.85. The lowest BCUT2D eigenvalue weighted by Crippen LogP contribution is -1.95. The Kier molecular flexibility index (Phi) is 2.54. The van der Waals surface area contributed by atoms with Crippen molar-refractivity contribution >= 4 is 16.9 Å². The first kappa shape index (κ1) is 12.1. The lowest BCUT2D eigenvalue weighted by Gasteiger charge is -2.02. The Balaban J connectivity index is 1.87. The smallest absolute Gasteiger partial charge is 0.335 e. The van der Waals surface area contributed by atoms with E-state index in [1.54, 1.807) is 24.4 Å². The molecule has 5 nitrogen and oxygen atoms in total. The maximum Gasteiger partial charge on any atom is 0.335 e. The molecule has 1 fully saturated rings. The van der Waals surface area contributed by atoms with Crippen LogP contribution >= 0.6 is 0 Å². The number of fused-ring (bicyclic) bond motifs is 1. The van der Waals surface area contributed by atoms with Crippen LogP contribution in [0.3, 0.4) is 0 Å². The van der Waals surface area contributed by atoms with Crippen molar-refractivity contribution in [1.82, 2.24) is 15.0 Å². The van der Waals surface area contributed by atoms with Gasteiger partial charge in [-0.1, -0.05) is 0 Å². The molecule has 2 aromatic heterocycles. The molecule has 0 saturated heterocycles. The molecular formula is C16H13N3O2. The molecule has 0 aliphatic heterocycles. The molecule has 104 valence electrons. The monoisotopic (exact) mass is 279 g/mol. The molecule has 21 heavy (non-hydrogen) atoms. The second-order valence-electron chi connectivity index (χ2n) is 5.37. The average molecular weight is 279 g/mol. The van der Waals surface area contributed by atoms with Crippen LogP contribution in [0.15, 0.2) is 36.8 Å². The van der Waals surface area contributed by atoms with E-state index in [1.165, 1.54) is 12.8 Å². The number of nitrogens with zero attached hydrogens (tertiary/aromatic N) is 2. The fraction of sp³-hybridized carbons (Fsp3) is 0.188. The first-order valence-corrected chi connectivity index (χ1v) is 6.89. The summed E-state index contributed by atoms with van der Waals surface area (Å²) in [5.41, 5.74) is 3.87. The Morgan fingerprint density at radius 2 is 2.14 bits per heavy atom. The largest absolute Gasteiger partial charge is 0.478 e. The number of aromatic carboxylic acids is 1. The number of aromatic nitrogens is 3. The van der Waals surface area contributed by atoms with Crippen LogP contribution in [-0.4, -0.2) is 26.0 Å². The summed E-state index contributed by atoms with van der Waals surface area (Å²) in [6.45, 7) is 0. The zero-order chi connectivity index (χ0) is 14.4. The van der Waals surface area contributed by atoms with Gasteiger partial charge < -0.3 is 10.1 Å². The second-order valence-corrected chi connectivity index (χ2v) is 5.37. The van der Waals surface area contributed by atoms with E-state index in [2.05, 4.69) is 15.0 Å². The summed E-state index contributed by atoms with van der Waals surface area (Å²) >= 11 is 0. The van der Waals surface area contributed by atoms with Crippen molar-refractivity contribution in [2.45, 2.75) is 18.8 Å². The van der Waals surface area contributed by atoms with Gasteiger partial charge in [-0.15, -0.1) is 0 Å². The van der Waals surface area contributed by atoms with E-state index in [0.717, 1.165) is 27.9 Å². The number of carboxylic acids is 1. The van der Waals surface area contributed by atoms with E-state index in [4.69, 9.17) is 5.11 Å². The van der Waals surface area contributed by atoms with E-state index < -0.39 is 5.97 Å². The Morgan fingerprint density at radius 3 is 2.90 bits per heavy atom. The van der Waals surface area contributed by atoms with Crippen LogP contribution in [0.25, 0.3) is 22.2 Å². The molecule has 2 N–H and O–H groups in total. The van der Waals surface area contributed by atoms with Gasteiger partial charge in [-0.3, -0.25) is 4.98 Å². The van der Waals surface area contributed by atoms with Gasteiger partial charge in [-0.05, 0) is 31.0 Å². The normalized spacial score (nSPS) is 14.5. The van der Waals surface area contributed by atoms with Gasteiger partial charge in [-0.2, -0.15) is 0 Å². The van der Waals surface area contributed by atoms with Gasteiger partial charge in [0.1, 0.15) is 0 Å². The number of hydrogen-bond donors (Lipinski definition) is 2. The molecule has 3 aromatic rings. The minimum absolute atomic E-state index is 0.273. The summed E-state index contributed by atoms with van der Waals surface area (Å²) in [6.07, 6.45) is 7.75. The van der Waals surface area contributed by atoms with Gasteiger partial charge in [0.2, 0.25) is 0 Å². The van der Waals surface area contributed by atoms with Crippen LogP contribution in [0.5, 0.6) is 0 Å². The Morgan fingerprint density at radius 1 is 1.29 bits per heavy atom. The van der Waals surface area contributed by atoms with Crippen LogP contribution in [-0.2, 0) is 0 Å². The van der Waals surface area contributed by atoms with Crippen molar-refractivity contribution in [3.05, 3.63) is 48.0 Å². The maximum atomic E-state index is 11.1. The fourth-order valence-electron chi connectivity index (χ4n) is 2.55. The van der Waals surface area contributed by atoms with Crippen molar-refractivity contribution in [2.75, 3.05) is 0 Å². The maximum absolute atomic E-state index is 11.1. The zero-order valence-corrected chi connectivity index (χ0v) is 11.2. The molecule has 2 heterocycles. The van der Waals surface area contributed by atoms with Crippen LogP contribution in [0, 0.1) is 0 Å². The van der Waals surface area contributed by atoms with E-state index in [0.29, 0.717) is 5.92 Å². The van der Waals surface area contributed by atoms with Gasteiger partial charge in [-0.25, -0.2) is 9.78 Å². The summed E-state index contributed by atoms with van der Waals surface area (Å²) in [4.78, 5) is 23.2. The predicted octanol–water partition coefficient (Wildman–Crippen LogP) is 3.20. The molecule has 0 amide bonds. The van der Waals surface area contributed by atoms with Crippen molar-refractivity contribution in [1.29, 1.82) is 0 Å². The highest BCUT2D eigenvalue weighted by atomic mass is 16.4. The number of carboxylic acid groups (broad SMARTS) is 1. The Labute approximate surface area is 120 Å². The molecular weight excluding hydrogens is 266 g/mol. The minimum Gasteiger partial charge on any atom is -0.478 e. The van der Waals surface area contributed by atoms with Gasteiger partial charge in [0.15, 0.2) is 0 Å². The molecule has 1 aliphatic rings. The number of aromatic amines is 1. The molecule has 1 saturated carbocycles. The predicted molar refractivity (Wildman–Crippen MR) is 78.3 cm³/mol. The van der Waals surface area contributed by atoms with Crippen LogP contribution in [0.2, 0.25) is 0 Å². The number of rotatable bonds is 3. The molecule has 0 bridgehead atoms. The standard InChI is InChI=1S/C16H13N3O2/c20-16(21)10-3-4-13-11(5-10)12(6-18-13)15-8-17-7-14(19-15)9-1-2-9/h3-9,18H,1-2H2,(H,20,21). The summed E-state index contributed by atoms with van der Waals surface area (Å²) in [5.74, 6) is -0.390. The van der Waals surface area contributed by atoms with Crippen molar-refractivity contribution in [3.8, 4) is 11.3 Å². The summed E-state index contributed by atoms with van der Waals surface area (Å²) < 4.78 is 0. The van der Waals surface area contributed by atoms with Gasteiger partial charge in [0.25, 0.3) is 0 Å². The highest BCUT2D eigenvalue weighted by Crippen LogP contribution is 2.39. The Hall–Kier alpha value is -2.69. The van der Waals surface area contributed by atoms with E-state index in [-0.39, 0.29) is 5.56 Å². The molecule has 0 radical (unpaired) electrons. The number of benzene rings is 1. The van der Waals surface area contributed by atoms with Gasteiger partial charge >= 0.3 is 5.97 Å². The molecule has 0 atom stereocenters. The highest BCUT2D eigenvalue weighted by molar-refractivity contribution is 5.99. The van der Waals surface area contributed by atoms with Crippen molar-refractivity contribution in [3.63, 3.8) is 0 Å². The minimum atomic E-state index is -0.929. The lowest BCUT2D eigenvalue weighted by molar-refractivity contribution is 0.0697. The molecule has 5 heteroatoms. The van der Waals surface area contributed by atoms with Crippen LogP contribution < -0.4 is 0 Å². The molecule has 4 rings (SSSR count). The molecule has 0 unspecified atom stereocenters. The highest BCUT2D eigenvalue weighted by Gasteiger charge is 2.25. The number of nitrogens with one attached hydrogen (secondary N) is 1. The first-order valence-electron chi connectivity index (χ1n) is 6.89. The first-order chi connectivity index (χ1) is 10.2. The summed E-state index contributed by atoms with van der Waals surface area (Å²) in [6, 6.07) is 5.05. The van der Waals surface area contributed by atoms with Gasteiger partial charge in [0.05, 0.1) is 23.1 Å². The third kappa shape index (κ3) is 2.07. The SMILES string of the molecule is O=C(O)c1ccc2[nH]cc(-c3cncc(C4CC4)n3)c2c1. The van der Waals surface area contributed by atoms with Crippen LogP contribution in [0.4, 0.5) is 0 Å². The fourth-order valence-corrected chi connectivity index (χ4v) is 2.55. The zero-order valence-electron chi connectivity index (χ0n) is 11.2.